The Hall–Kier alpha value is -1.60. The van der Waals surface area contributed by atoms with Crippen molar-refractivity contribution in [3.8, 4) is 0 Å². The minimum atomic E-state index is -4.47. The van der Waals surface area contributed by atoms with Gasteiger partial charge in [-0.1, -0.05) is 0 Å². The number of amides is 1. The third kappa shape index (κ3) is 4.71. The molecule has 1 aromatic carbocycles. The molecule has 122 valence electrons. The maximum Gasteiger partial charge on any atom is 0.416 e. The molecule has 2 rings (SSSR count). The number of nitrogens with two attached hydrogens (primary N) is 1. The predicted octanol–water partition coefficient (Wildman–Crippen LogP) is 2.92. The minimum absolute atomic E-state index is 0.0216. The van der Waals surface area contributed by atoms with E-state index in [-0.39, 0.29) is 24.6 Å². The Balaban J connectivity index is 1.99. The highest BCUT2D eigenvalue weighted by atomic mass is 19.4. The summed E-state index contributed by atoms with van der Waals surface area (Å²) in [5.41, 5.74) is 5.05. The molecule has 0 spiro atoms. The van der Waals surface area contributed by atoms with Crippen LogP contribution >= 0.6 is 0 Å². The number of halogens is 3. The van der Waals surface area contributed by atoms with E-state index in [1.807, 2.05) is 0 Å². The fraction of sp³-hybridized carbons (Fsp3) is 0.533. The van der Waals surface area contributed by atoms with Crippen molar-refractivity contribution in [2.45, 2.75) is 32.0 Å². The van der Waals surface area contributed by atoms with E-state index in [2.05, 4.69) is 5.32 Å². The van der Waals surface area contributed by atoms with Gasteiger partial charge < -0.3 is 15.8 Å². The fourth-order valence-electron chi connectivity index (χ4n) is 2.42. The molecule has 1 aliphatic rings. The smallest absolute Gasteiger partial charge is 0.381 e. The summed E-state index contributed by atoms with van der Waals surface area (Å²) in [6.07, 6.45) is -2.60. The van der Waals surface area contributed by atoms with Gasteiger partial charge in [0.25, 0.3) is 0 Å². The van der Waals surface area contributed by atoms with Crippen molar-refractivity contribution in [2.24, 2.45) is 11.7 Å². The molecular weight excluding hydrogens is 297 g/mol. The molecule has 0 saturated carbocycles. The molecule has 0 bridgehead atoms. The van der Waals surface area contributed by atoms with Gasteiger partial charge in [-0.05, 0) is 42.5 Å². The average Bonchev–Trinajstić information content (AvgIpc) is 2.97. The van der Waals surface area contributed by atoms with Crippen molar-refractivity contribution >= 4 is 11.6 Å². The second-order valence-corrected chi connectivity index (χ2v) is 5.44. The van der Waals surface area contributed by atoms with E-state index in [0.29, 0.717) is 31.1 Å². The number of nitrogens with one attached hydrogen (secondary N) is 1. The van der Waals surface area contributed by atoms with Gasteiger partial charge in [-0.2, -0.15) is 13.2 Å². The summed E-state index contributed by atoms with van der Waals surface area (Å²) >= 11 is 0. The molecule has 1 aliphatic heterocycles. The molecule has 0 aromatic heterocycles. The quantitative estimate of drug-likeness (QED) is 0.878. The second kappa shape index (κ2) is 7.11. The zero-order chi connectivity index (χ0) is 16.2. The number of rotatable bonds is 5. The van der Waals surface area contributed by atoms with Gasteiger partial charge in [0.15, 0.2) is 0 Å². The standard InChI is InChI=1S/C15H19F3N2O2/c16-15(17,18)12-5-11(8-19)6-13(7-12)20-14(21)2-1-10-3-4-22-9-10/h5-7,10H,1-4,8-9,19H2,(H,20,21). The monoisotopic (exact) mass is 316 g/mol. The molecule has 3 N–H and O–H groups in total. The number of hydrogen-bond donors (Lipinski definition) is 2. The second-order valence-electron chi connectivity index (χ2n) is 5.44. The molecule has 1 aromatic rings. The highest BCUT2D eigenvalue weighted by Gasteiger charge is 2.31. The Labute approximate surface area is 126 Å². The van der Waals surface area contributed by atoms with E-state index < -0.39 is 11.7 Å². The van der Waals surface area contributed by atoms with Crippen LogP contribution in [0, 0.1) is 5.92 Å². The maximum atomic E-state index is 12.8. The lowest BCUT2D eigenvalue weighted by Gasteiger charge is -2.13. The number of carbonyl (C=O) groups excluding carboxylic acids is 1. The zero-order valence-corrected chi connectivity index (χ0v) is 12.1. The van der Waals surface area contributed by atoms with Crippen LogP contribution in [0.15, 0.2) is 18.2 Å². The third-order valence-electron chi connectivity index (χ3n) is 3.64. The summed E-state index contributed by atoms with van der Waals surface area (Å²) in [6.45, 7) is 1.33. The van der Waals surface area contributed by atoms with Crippen LogP contribution in [0.5, 0.6) is 0 Å². The van der Waals surface area contributed by atoms with Crippen LogP contribution in [0.4, 0.5) is 18.9 Å². The van der Waals surface area contributed by atoms with E-state index in [0.717, 1.165) is 18.6 Å². The van der Waals surface area contributed by atoms with Crippen molar-refractivity contribution < 1.29 is 22.7 Å². The highest BCUT2D eigenvalue weighted by Crippen LogP contribution is 2.32. The van der Waals surface area contributed by atoms with Crippen LogP contribution in [0.3, 0.4) is 0 Å². The van der Waals surface area contributed by atoms with Crippen molar-refractivity contribution in [3.63, 3.8) is 0 Å². The number of hydrogen-bond acceptors (Lipinski definition) is 3. The van der Waals surface area contributed by atoms with Gasteiger partial charge in [0.05, 0.1) is 5.56 Å². The largest absolute Gasteiger partial charge is 0.416 e. The van der Waals surface area contributed by atoms with Crippen LogP contribution in [-0.2, 0) is 22.3 Å². The van der Waals surface area contributed by atoms with Gasteiger partial charge in [-0.25, -0.2) is 0 Å². The third-order valence-corrected chi connectivity index (χ3v) is 3.64. The first kappa shape index (κ1) is 16.8. The van der Waals surface area contributed by atoms with Crippen LogP contribution < -0.4 is 11.1 Å². The number of alkyl halides is 3. The summed E-state index contributed by atoms with van der Waals surface area (Å²) in [5, 5.41) is 2.52. The molecule has 1 atom stereocenters. The molecule has 0 aliphatic carbocycles. The van der Waals surface area contributed by atoms with E-state index >= 15 is 0 Å². The molecule has 22 heavy (non-hydrogen) atoms. The van der Waals surface area contributed by atoms with Gasteiger partial charge in [-0.15, -0.1) is 0 Å². The fourth-order valence-corrected chi connectivity index (χ4v) is 2.42. The molecular formula is C15H19F3N2O2. The first-order valence-electron chi connectivity index (χ1n) is 7.17. The Morgan fingerprint density at radius 2 is 2.14 bits per heavy atom. The summed E-state index contributed by atoms with van der Waals surface area (Å²) in [5.74, 6) is 0.0565. The molecule has 1 amide bonds. The van der Waals surface area contributed by atoms with Crippen LogP contribution in [0.1, 0.15) is 30.4 Å². The van der Waals surface area contributed by atoms with E-state index in [4.69, 9.17) is 10.5 Å². The van der Waals surface area contributed by atoms with Crippen LogP contribution in [0.25, 0.3) is 0 Å². The Morgan fingerprint density at radius 1 is 1.36 bits per heavy atom. The van der Waals surface area contributed by atoms with E-state index in [9.17, 15) is 18.0 Å². The molecule has 4 nitrogen and oxygen atoms in total. The van der Waals surface area contributed by atoms with Crippen molar-refractivity contribution in [3.05, 3.63) is 29.3 Å². The average molecular weight is 316 g/mol. The topological polar surface area (TPSA) is 64.3 Å². The summed E-state index contributed by atoms with van der Waals surface area (Å²) < 4.78 is 43.6. The molecule has 7 heteroatoms. The maximum absolute atomic E-state index is 12.8. The number of benzene rings is 1. The zero-order valence-electron chi connectivity index (χ0n) is 12.1. The minimum Gasteiger partial charge on any atom is -0.381 e. The number of ether oxygens (including phenoxy) is 1. The Bertz CT molecular complexity index is 526. The highest BCUT2D eigenvalue weighted by molar-refractivity contribution is 5.90. The lowest BCUT2D eigenvalue weighted by atomic mass is 10.0. The lowest BCUT2D eigenvalue weighted by molar-refractivity contribution is -0.137. The number of carbonyl (C=O) groups is 1. The first-order valence-corrected chi connectivity index (χ1v) is 7.17. The van der Waals surface area contributed by atoms with Crippen molar-refractivity contribution in [2.75, 3.05) is 18.5 Å². The molecule has 1 fully saturated rings. The van der Waals surface area contributed by atoms with Gasteiger partial charge in [0, 0.05) is 31.9 Å². The van der Waals surface area contributed by atoms with Gasteiger partial charge in [-0.3, -0.25) is 4.79 Å². The van der Waals surface area contributed by atoms with Crippen LogP contribution in [-0.4, -0.2) is 19.1 Å². The summed E-state index contributed by atoms with van der Waals surface area (Å²) in [4.78, 5) is 11.9. The van der Waals surface area contributed by atoms with Crippen molar-refractivity contribution in [1.29, 1.82) is 0 Å². The Morgan fingerprint density at radius 3 is 2.73 bits per heavy atom. The van der Waals surface area contributed by atoms with Gasteiger partial charge in [0.1, 0.15) is 0 Å². The molecule has 1 saturated heterocycles. The van der Waals surface area contributed by atoms with Crippen LogP contribution in [0.2, 0.25) is 0 Å². The SMILES string of the molecule is NCc1cc(NC(=O)CCC2CCOC2)cc(C(F)(F)F)c1. The normalized spacial score (nSPS) is 18.5. The Kier molecular flexibility index (Phi) is 5.42. The van der Waals surface area contributed by atoms with Gasteiger partial charge in [0.2, 0.25) is 5.91 Å². The molecule has 1 heterocycles. The lowest BCUT2D eigenvalue weighted by Crippen LogP contribution is -2.15. The van der Waals surface area contributed by atoms with Crippen molar-refractivity contribution in [1.82, 2.24) is 0 Å². The predicted molar refractivity (Wildman–Crippen MR) is 76.1 cm³/mol. The first-order chi connectivity index (χ1) is 10.4. The molecule has 0 radical (unpaired) electrons. The summed E-state index contributed by atoms with van der Waals surface area (Å²) in [7, 11) is 0. The van der Waals surface area contributed by atoms with E-state index in [1.54, 1.807) is 0 Å². The van der Waals surface area contributed by atoms with E-state index in [1.165, 1.54) is 6.07 Å². The molecule has 1 unspecified atom stereocenters. The number of anilines is 1. The van der Waals surface area contributed by atoms with Gasteiger partial charge >= 0.3 is 6.18 Å². The summed E-state index contributed by atoms with van der Waals surface area (Å²) in [6, 6.07) is 3.38.